The van der Waals surface area contributed by atoms with E-state index in [0.29, 0.717) is 31.4 Å². The molecule has 0 spiro atoms. The monoisotopic (exact) mass is 1340 g/mol. The normalized spacial score (nSPS) is 14.8. The molecule has 30 heteroatoms. The van der Waals surface area contributed by atoms with E-state index in [9.17, 15) is 68.4 Å². The number of nitrogens with two attached hydrogens (primary N) is 4. The molecule has 524 valence electrons. The number of aliphatic hydroxyl groups is 3. The molecule has 21 N–H and O–H groups in total. The van der Waals surface area contributed by atoms with Gasteiger partial charge in [-0.25, -0.2) is 15.8 Å². The van der Waals surface area contributed by atoms with Crippen LogP contribution in [0.5, 0.6) is 5.75 Å². The third-order valence-electron chi connectivity index (χ3n) is 15.5. The van der Waals surface area contributed by atoms with Gasteiger partial charge in [0.1, 0.15) is 59.2 Å². The van der Waals surface area contributed by atoms with Crippen LogP contribution in [0.25, 0.3) is 11.1 Å². The second kappa shape index (κ2) is 38.7. The molecule has 0 heterocycles. The lowest BCUT2D eigenvalue weighted by atomic mass is 9.90. The zero-order valence-corrected chi connectivity index (χ0v) is 55.1. The van der Waals surface area contributed by atoms with Gasteiger partial charge >= 0.3 is 5.97 Å². The summed E-state index contributed by atoms with van der Waals surface area (Å²) in [7, 11) is 0. The van der Waals surface area contributed by atoms with E-state index in [1.54, 1.807) is 12.1 Å². The third-order valence-corrected chi connectivity index (χ3v) is 15.5. The van der Waals surface area contributed by atoms with E-state index in [4.69, 9.17) is 27.8 Å². The van der Waals surface area contributed by atoms with Crippen molar-refractivity contribution in [2.75, 3.05) is 19.8 Å². The molecule has 10 atom stereocenters. The maximum atomic E-state index is 15.3. The molecule has 4 aromatic carbocycles. The highest BCUT2D eigenvalue weighted by molar-refractivity contribution is 6.00. The lowest BCUT2D eigenvalue weighted by Crippen LogP contribution is -2.67. The topological polar surface area (TPSA) is 486 Å². The largest absolute Gasteiger partial charge is 0.494 e. The van der Waals surface area contributed by atoms with Crippen LogP contribution in [0.3, 0.4) is 0 Å². The number of aryl methyl sites for hydroxylation is 4. The van der Waals surface area contributed by atoms with Gasteiger partial charge in [0.15, 0.2) is 0 Å². The molecule has 29 nitrogen and oxygen atoms in total. The van der Waals surface area contributed by atoms with Crippen molar-refractivity contribution in [2.24, 2.45) is 28.1 Å². The van der Waals surface area contributed by atoms with Gasteiger partial charge in [0.25, 0.3) is 0 Å². The first-order valence-electron chi connectivity index (χ1n) is 31.5. The summed E-state index contributed by atoms with van der Waals surface area (Å²) in [5, 5.41) is 64.2. The molecule has 0 bridgehead atoms. The van der Waals surface area contributed by atoms with Gasteiger partial charge in [-0.3, -0.25) is 47.9 Å². The number of benzene rings is 4. The smallest absolute Gasteiger partial charge is 0.305 e. The number of hydrogen-bond donors (Lipinski definition) is 17. The highest BCUT2D eigenvalue weighted by Gasteiger charge is 2.42. The van der Waals surface area contributed by atoms with E-state index in [0.717, 1.165) is 85.2 Å². The number of hydrogen-bond acceptors (Lipinski definition) is 18. The quantitative estimate of drug-likeness (QED) is 0.00845. The number of carbonyl (C=O) groups excluding carboxylic acids is 9. The Hall–Kier alpha value is -9.62. The summed E-state index contributed by atoms with van der Waals surface area (Å²) in [4.78, 5) is 136. The molecule has 9 amide bonds. The molecule has 10 unspecified atom stereocenters. The summed E-state index contributed by atoms with van der Waals surface area (Å²) in [5.74, 6) is -7.00. The van der Waals surface area contributed by atoms with Crippen LogP contribution in [0, 0.1) is 19.7 Å². The van der Waals surface area contributed by atoms with Crippen molar-refractivity contribution in [1.82, 2.24) is 48.1 Å². The molecule has 0 saturated carbocycles. The average molecular weight is 1340 g/mol. The molecule has 4 rings (SSSR count). The molecule has 0 fully saturated rings. The average Bonchev–Trinajstić information content (AvgIpc) is 0.814. The van der Waals surface area contributed by atoms with E-state index < -0.39 is 151 Å². The van der Waals surface area contributed by atoms with Crippen LogP contribution in [0.15, 0.2) is 90.0 Å². The fraction of sp³-hybridized carbons (Fsp3) is 0.470. The Balaban J connectivity index is 1.59. The molecule has 4 aromatic rings. The Morgan fingerprint density at radius 3 is 1.86 bits per heavy atom. The first-order chi connectivity index (χ1) is 45.4. The number of carboxylic acid groups (broad SMARTS) is 1. The number of carboxylic acids is 1. The number of carbonyl (C=O) groups is 10. The van der Waals surface area contributed by atoms with Crippen molar-refractivity contribution in [1.29, 1.82) is 0 Å². The van der Waals surface area contributed by atoms with Gasteiger partial charge in [-0.05, 0) is 118 Å². The van der Waals surface area contributed by atoms with Crippen LogP contribution in [0.1, 0.15) is 113 Å². The van der Waals surface area contributed by atoms with Gasteiger partial charge in [0.05, 0.1) is 44.4 Å². The van der Waals surface area contributed by atoms with Gasteiger partial charge in [0, 0.05) is 19.3 Å². The van der Waals surface area contributed by atoms with Crippen molar-refractivity contribution < 1.29 is 77.5 Å². The van der Waals surface area contributed by atoms with Crippen LogP contribution in [-0.4, -0.2) is 165 Å². The third kappa shape index (κ3) is 25.3. The van der Waals surface area contributed by atoms with Crippen molar-refractivity contribution in [3.8, 4) is 16.9 Å². The van der Waals surface area contributed by atoms with E-state index in [1.165, 1.54) is 18.2 Å². The fourth-order valence-electron chi connectivity index (χ4n) is 10.3. The number of nitrogens with one attached hydrogen (secondary N) is 9. The summed E-state index contributed by atoms with van der Waals surface area (Å²) in [6.45, 7) is 9.79. The summed E-state index contributed by atoms with van der Waals surface area (Å²) in [5.41, 5.74) is 23.0. The zero-order chi connectivity index (χ0) is 71.4. The van der Waals surface area contributed by atoms with E-state index in [2.05, 4.69) is 54.6 Å². The van der Waals surface area contributed by atoms with Crippen LogP contribution in [0.2, 0.25) is 0 Å². The first-order valence-corrected chi connectivity index (χ1v) is 31.5. The molecule has 0 radical (unpaired) electrons. The number of unbranched alkanes of at least 4 members (excludes halogenated alkanes) is 2. The highest BCUT2D eigenvalue weighted by atomic mass is 19.1. The molecule has 0 aromatic heterocycles. The number of nitrogens with zero attached hydrogens (tertiary/aromatic N) is 1. The highest BCUT2D eigenvalue weighted by Crippen LogP contribution is 2.29. The van der Waals surface area contributed by atoms with E-state index in [1.807, 2.05) is 74.8 Å². The first kappa shape index (κ1) is 78.8. The predicted molar refractivity (Wildman–Crippen MR) is 354 cm³/mol. The molecule has 0 saturated heterocycles. The van der Waals surface area contributed by atoms with Gasteiger partial charge in [-0.2, -0.15) is 5.10 Å². The number of rotatable bonds is 40. The zero-order valence-electron chi connectivity index (χ0n) is 55.1. The number of halogens is 1. The van der Waals surface area contributed by atoms with Crippen molar-refractivity contribution in [3.63, 3.8) is 0 Å². The van der Waals surface area contributed by atoms with E-state index in [-0.39, 0.29) is 30.7 Å². The van der Waals surface area contributed by atoms with Crippen LogP contribution in [-0.2, 0) is 73.6 Å². The Labute approximate surface area is 556 Å². The fourth-order valence-corrected chi connectivity index (χ4v) is 10.3. The minimum atomic E-state index is -2.33. The number of aliphatic hydroxyl groups excluding tert-OH is 3. The van der Waals surface area contributed by atoms with Crippen LogP contribution in [0.4, 0.5) is 4.39 Å². The van der Waals surface area contributed by atoms with Gasteiger partial charge < -0.3 is 84.9 Å². The number of aliphatic carboxylic acids is 1. The molecular formula is C66H93FN14O15. The number of hydrazone groups is 1. The predicted octanol–water partition coefficient (Wildman–Crippen LogP) is -0.884. The maximum Gasteiger partial charge on any atom is 0.305 e. The number of ether oxygens (including phenoxy) is 1. The van der Waals surface area contributed by atoms with Gasteiger partial charge in [0.2, 0.25) is 53.2 Å². The number of primary amides is 1. The molecule has 0 aliphatic carbocycles. The Morgan fingerprint density at radius 2 is 1.27 bits per heavy atom. The summed E-state index contributed by atoms with van der Waals surface area (Å²) < 4.78 is 21.3. The summed E-state index contributed by atoms with van der Waals surface area (Å²) in [6, 6.07) is 11.9. The molecular weight excluding hydrogens is 1250 g/mol. The lowest BCUT2D eigenvalue weighted by Gasteiger charge is -2.34. The standard InChI is InChI=1S/C66H93FN14O15/c1-8-10-13-25-96-45-23-24-46(42(9-2)30-45)43-21-19-40(20-22-43)29-50(60(90)73-49(58(70)88)18-14-15-41-27-36(3)26-37(4)28-41)74-61(91)51(32-55(86)87)75-62(92)52(35-82)76-63(93)56(38(5)83)78-65(95)66(7,33-44-16-11-12-17-47(44)67)79-64(94)57(39(6)84)77-54(85)34-72-59(89)48(68)31-53(69)80-81-71/h11-12,16-17,19-24,26-28,30,38-39,48-52,56-57,81-84H,8-10,13-15,18,25,29,31-35,68,71H2,1-7H3,(H2,69,80)(H2,70,88)(H,72,89)(H,73,90)(H,74,91)(H,75,92)(H,76,93)(H,77,85)(H,78,95)(H,79,94)(H,86,87). The second-order valence-corrected chi connectivity index (χ2v) is 23.8. The molecule has 0 aliphatic rings. The maximum absolute atomic E-state index is 15.3. The Bertz CT molecular complexity index is 3350. The number of hydrazine groups is 1. The minimum Gasteiger partial charge on any atom is -0.494 e. The van der Waals surface area contributed by atoms with Gasteiger partial charge in [-0.15, -0.1) is 0 Å². The van der Waals surface area contributed by atoms with Crippen molar-refractivity contribution in [2.45, 2.75) is 179 Å². The van der Waals surface area contributed by atoms with Crippen LogP contribution >= 0.6 is 0 Å². The molecule has 96 heavy (non-hydrogen) atoms. The summed E-state index contributed by atoms with van der Waals surface area (Å²) >= 11 is 0. The Morgan fingerprint density at radius 1 is 0.667 bits per heavy atom. The number of amidine groups is 1. The van der Waals surface area contributed by atoms with Crippen molar-refractivity contribution >= 4 is 65.0 Å². The van der Waals surface area contributed by atoms with Crippen molar-refractivity contribution in [3.05, 3.63) is 124 Å². The second-order valence-electron chi connectivity index (χ2n) is 23.8. The lowest BCUT2D eigenvalue weighted by molar-refractivity contribution is -0.142. The minimum absolute atomic E-state index is 0.0952. The number of amides is 9. The SMILES string of the molecule is CCCCCOc1ccc(-c2ccc(CC(NC(=O)C(CC(=O)O)NC(=O)C(CO)NC(=O)C(NC(=O)C(C)(Cc3ccccc3F)NC(=O)C(NC(=O)CNC(=O)C(N)CC(N)=NNN)C(C)O)C(C)O)C(=O)NC(CCCc3cc(C)cc(C)c3)C(N)=O)cc2)c(CC)c1. The van der Waals surface area contributed by atoms with E-state index >= 15 is 4.39 Å². The Kier molecular flexibility index (Phi) is 31.8. The van der Waals surface area contributed by atoms with Crippen LogP contribution < -0.4 is 75.8 Å². The molecule has 0 aliphatic heterocycles. The van der Waals surface area contributed by atoms with Gasteiger partial charge in [-0.1, -0.05) is 105 Å². The summed E-state index contributed by atoms with van der Waals surface area (Å²) in [6.07, 6.45) is -1.15.